The van der Waals surface area contributed by atoms with Gasteiger partial charge in [0.2, 0.25) is 5.91 Å². The Kier molecular flexibility index (Phi) is 6.02. The van der Waals surface area contributed by atoms with Gasteiger partial charge in [-0.3, -0.25) is 14.5 Å². The van der Waals surface area contributed by atoms with Gasteiger partial charge in [0.15, 0.2) is 0 Å². The molecule has 2 N–H and O–H groups in total. The number of fused-ring (bicyclic) bond motifs is 1. The number of hydrogen-bond acceptors (Lipinski definition) is 3. The Labute approximate surface area is 189 Å². The first-order chi connectivity index (χ1) is 15.3. The van der Waals surface area contributed by atoms with Gasteiger partial charge in [0.05, 0.1) is 11.6 Å². The molecular weight excluding hydrogens is 398 g/mol. The number of benzene rings is 3. The first kappa shape index (κ1) is 22.0. The van der Waals surface area contributed by atoms with Gasteiger partial charge >= 0.3 is 0 Å². The van der Waals surface area contributed by atoms with Crippen molar-refractivity contribution >= 4 is 28.3 Å². The van der Waals surface area contributed by atoms with Crippen LogP contribution in [0.4, 0.5) is 5.69 Å². The third-order valence-corrected chi connectivity index (χ3v) is 6.87. The van der Waals surface area contributed by atoms with Crippen molar-refractivity contribution in [3.63, 3.8) is 0 Å². The molecule has 1 saturated heterocycles. The molecule has 1 aliphatic rings. The van der Waals surface area contributed by atoms with Crippen LogP contribution in [0.25, 0.3) is 10.8 Å². The van der Waals surface area contributed by atoms with E-state index in [-0.39, 0.29) is 17.9 Å². The molecule has 5 heteroatoms. The molecule has 4 rings (SSSR count). The summed E-state index contributed by atoms with van der Waals surface area (Å²) in [6.07, 6.45) is 1.84. The molecule has 2 atom stereocenters. The fourth-order valence-corrected chi connectivity index (χ4v) is 4.58. The summed E-state index contributed by atoms with van der Waals surface area (Å²) in [5.74, 6) is -0.180. The lowest BCUT2D eigenvalue weighted by Gasteiger charge is -2.30. The summed E-state index contributed by atoms with van der Waals surface area (Å²) in [6.45, 7) is 6.80. The average Bonchev–Trinajstić information content (AvgIpc) is 3.13. The lowest BCUT2D eigenvalue weighted by atomic mass is 9.97. The number of likely N-dealkylation sites (N-methyl/N-ethyl adjacent to an activating group) is 1. The van der Waals surface area contributed by atoms with Gasteiger partial charge in [-0.2, -0.15) is 0 Å². The largest absolute Gasteiger partial charge is 0.345 e. The van der Waals surface area contributed by atoms with Crippen LogP contribution in [0.5, 0.6) is 0 Å². The highest BCUT2D eigenvalue weighted by Crippen LogP contribution is 2.29. The molecular formula is C27H31N3O2. The molecule has 166 valence electrons. The van der Waals surface area contributed by atoms with Crippen LogP contribution in [0.2, 0.25) is 0 Å². The maximum atomic E-state index is 13.2. The Morgan fingerprint density at radius 3 is 2.56 bits per heavy atom. The Morgan fingerprint density at radius 2 is 1.81 bits per heavy atom. The Hall–Kier alpha value is -3.18. The highest BCUT2D eigenvalue weighted by molar-refractivity contribution is 6.01. The molecule has 0 spiro atoms. The van der Waals surface area contributed by atoms with Crippen molar-refractivity contribution in [1.29, 1.82) is 0 Å². The predicted molar refractivity (Wildman–Crippen MR) is 130 cm³/mol. The summed E-state index contributed by atoms with van der Waals surface area (Å²) in [5, 5.41) is 8.45. The number of likely N-dealkylation sites (tertiary alicyclic amines) is 1. The fourth-order valence-electron chi connectivity index (χ4n) is 4.58. The minimum atomic E-state index is -0.518. The molecule has 3 aromatic rings. The number of anilines is 1. The van der Waals surface area contributed by atoms with E-state index in [4.69, 9.17) is 0 Å². The number of nitrogens with one attached hydrogen (secondary N) is 2. The number of hydrogen-bond donors (Lipinski definition) is 2. The Morgan fingerprint density at radius 1 is 1.06 bits per heavy atom. The zero-order chi connectivity index (χ0) is 22.9. The minimum Gasteiger partial charge on any atom is -0.345 e. The number of aryl methyl sites for hydroxylation is 1. The van der Waals surface area contributed by atoms with E-state index in [1.807, 2.05) is 58.2 Å². The van der Waals surface area contributed by atoms with Crippen molar-refractivity contribution < 1.29 is 9.59 Å². The summed E-state index contributed by atoms with van der Waals surface area (Å²) in [6, 6.07) is 19.7. The molecule has 0 unspecified atom stereocenters. The van der Waals surface area contributed by atoms with E-state index in [0.29, 0.717) is 11.3 Å². The van der Waals surface area contributed by atoms with Gasteiger partial charge in [0.1, 0.15) is 0 Å². The quantitative estimate of drug-likeness (QED) is 0.596. The predicted octanol–water partition coefficient (Wildman–Crippen LogP) is 5.06. The van der Waals surface area contributed by atoms with Crippen molar-refractivity contribution in [2.45, 2.75) is 45.2 Å². The zero-order valence-electron chi connectivity index (χ0n) is 19.2. The fraction of sp³-hybridized carbons (Fsp3) is 0.333. The van der Waals surface area contributed by atoms with E-state index in [1.54, 1.807) is 6.07 Å². The van der Waals surface area contributed by atoms with E-state index in [9.17, 15) is 9.59 Å². The lowest BCUT2D eigenvalue weighted by molar-refractivity contribution is -0.124. The molecule has 0 bridgehead atoms. The van der Waals surface area contributed by atoms with Gasteiger partial charge in [0.25, 0.3) is 5.91 Å². The molecule has 0 saturated carbocycles. The maximum absolute atomic E-state index is 13.2. The lowest BCUT2D eigenvalue weighted by Crippen LogP contribution is -2.48. The number of rotatable bonds is 5. The van der Waals surface area contributed by atoms with E-state index >= 15 is 0 Å². The van der Waals surface area contributed by atoms with Crippen LogP contribution in [0, 0.1) is 6.92 Å². The summed E-state index contributed by atoms with van der Waals surface area (Å²) >= 11 is 0. The van der Waals surface area contributed by atoms with E-state index in [1.165, 1.54) is 0 Å². The highest BCUT2D eigenvalue weighted by Gasteiger charge is 2.40. The van der Waals surface area contributed by atoms with Gasteiger partial charge in [-0.25, -0.2) is 0 Å². The van der Waals surface area contributed by atoms with Crippen LogP contribution in [0.15, 0.2) is 60.7 Å². The highest BCUT2D eigenvalue weighted by atomic mass is 16.2. The zero-order valence-corrected chi connectivity index (χ0v) is 19.2. The van der Waals surface area contributed by atoms with E-state index in [2.05, 4.69) is 39.8 Å². The molecule has 5 nitrogen and oxygen atoms in total. The first-order valence-corrected chi connectivity index (χ1v) is 11.2. The van der Waals surface area contributed by atoms with Crippen molar-refractivity contribution in [2.24, 2.45) is 0 Å². The Bertz CT molecular complexity index is 1170. The minimum absolute atomic E-state index is 0.0307. The Balaban J connectivity index is 1.53. The van der Waals surface area contributed by atoms with Crippen molar-refractivity contribution in [3.8, 4) is 0 Å². The van der Waals surface area contributed by atoms with Gasteiger partial charge < -0.3 is 10.6 Å². The average molecular weight is 430 g/mol. The third kappa shape index (κ3) is 4.13. The second-order valence-corrected chi connectivity index (χ2v) is 9.05. The normalized spacial score (nSPS) is 19.6. The third-order valence-electron chi connectivity index (χ3n) is 6.87. The molecule has 1 fully saturated rings. The summed E-state index contributed by atoms with van der Waals surface area (Å²) in [4.78, 5) is 28.2. The number of carbonyl (C=O) groups is 2. The van der Waals surface area contributed by atoms with E-state index in [0.717, 1.165) is 41.3 Å². The maximum Gasteiger partial charge on any atom is 0.252 e. The topological polar surface area (TPSA) is 61.4 Å². The molecule has 1 heterocycles. The molecule has 2 amide bonds. The smallest absolute Gasteiger partial charge is 0.252 e. The molecule has 32 heavy (non-hydrogen) atoms. The van der Waals surface area contributed by atoms with Crippen LogP contribution in [0.3, 0.4) is 0 Å². The summed E-state index contributed by atoms with van der Waals surface area (Å²) in [5.41, 5.74) is 2.64. The van der Waals surface area contributed by atoms with Gasteiger partial charge in [-0.15, -0.1) is 0 Å². The van der Waals surface area contributed by atoms with Gasteiger partial charge in [-0.05, 0) is 81.2 Å². The number of nitrogens with zero attached hydrogens (tertiary/aromatic N) is 1. The molecule has 3 aromatic carbocycles. The standard InChI is InChI=1S/C27H31N3O2/c1-18-13-14-21(29-26(32)27(3)15-8-16-30(27)4)17-24(18)25(31)28-19(2)22-12-7-10-20-9-5-6-11-23(20)22/h5-7,9-14,17,19H,8,15-16H2,1-4H3,(H,28,31)(H,29,32)/t19-,27-/m1/s1. The molecule has 0 aromatic heterocycles. The van der Waals surface area contributed by atoms with Crippen LogP contribution in [0.1, 0.15) is 54.2 Å². The molecule has 0 aliphatic carbocycles. The van der Waals surface area contributed by atoms with Crippen molar-refractivity contribution in [3.05, 3.63) is 77.4 Å². The first-order valence-electron chi connectivity index (χ1n) is 11.2. The van der Waals surface area contributed by atoms with E-state index < -0.39 is 5.54 Å². The van der Waals surface area contributed by atoms with Gasteiger partial charge in [-0.1, -0.05) is 48.5 Å². The van der Waals surface area contributed by atoms with Gasteiger partial charge in [0, 0.05) is 11.3 Å². The van der Waals surface area contributed by atoms with Crippen LogP contribution in [-0.2, 0) is 4.79 Å². The summed E-state index contributed by atoms with van der Waals surface area (Å²) in [7, 11) is 1.98. The molecule has 1 aliphatic heterocycles. The number of amides is 2. The van der Waals surface area contributed by atoms with Crippen molar-refractivity contribution in [2.75, 3.05) is 18.9 Å². The van der Waals surface area contributed by atoms with Crippen LogP contribution >= 0.6 is 0 Å². The van der Waals surface area contributed by atoms with Crippen LogP contribution < -0.4 is 10.6 Å². The number of carbonyl (C=O) groups excluding carboxylic acids is 2. The monoisotopic (exact) mass is 429 g/mol. The van der Waals surface area contributed by atoms with Crippen molar-refractivity contribution in [1.82, 2.24) is 10.2 Å². The van der Waals surface area contributed by atoms with Crippen LogP contribution in [-0.4, -0.2) is 35.8 Å². The SMILES string of the molecule is Cc1ccc(NC(=O)[C@@]2(C)CCCN2C)cc1C(=O)N[C@H](C)c1cccc2ccccc12. The summed E-state index contributed by atoms with van der Waals surface area (Å²) < 4.78 is 0. The molecule has 0 radical (unpaired) electrons. The second kappa shape index (κ2) is 8.75. The second-order valence-electron chi connectivity index (χ2n) is 9.05.